The highest BCUT2D eigenvalue weighted by molar-refractivity contribution is 7.99. The Morgan fingerprint density at radius 1 is 1.00 bits per heavy atom. The van der Waals surface area contributed by atoms with Crippen molar-refractivity contribution in [3.63, 3.8) is 0 Å². The fraction of sp³-hybridized carbons (Fsp3) is 0.176. The Kier molecular flexibility index (Phi) is 3.78. The predicted molar refractivity (Wildman–Crippen MR) is 91.7 cm³/mol. The van der Waals surface area contributed by atoms with Gasteiger partial charge < -0.3 is 4.42 Å². The first-order valence-electron chi connectivity index (χ1n) is 7.57. The number of fused-ring (bicyclic) bond motifs is 1. The van der Waals surface area contributed by atoms with Gasteiger partial charge in [0.05, 0.1) is 5.25 Å². The number of benzene rings is 1. The number of aryl methyl sites for hydroxylation is 1. The molecule has 0 bridgehead atoms. The first-order chi connectivity index (χ1) is 11.7. The van der Waals surface area contributed by atoms with Crippen LogP contribution in [-0.2, 0) is 0 Å². The van der Waals surface area contributed by atoms with Crippen LogP contribution in [-0.4, -0.2) is 24.8 Å². The summed E-state index contributed by atoms with van der Waals surface area (Å²) in [4.78, 5) is 0. The maximum atomic E-state index is 5.83. The fourth-order valence-corrected chi connectivity index (χ4v) is 3.19. The van der Waals surface area contributed by atoms with Crippen molar-refractivity contribution in [3.8, 4) is 11.5 Å². The summed E-state index contributed by atoms with van der Waals surface area (Å²) in [5, 5.41) is 17.5. The molecule has 0 N–H and O–H groups in total. The van der Waals surface area contributed by atoms with Crippen molar-refractivity contribution in [1.29, 1.82) is 0 Å². The molecule has 0 amide bonds. The van der Waals surface area contributed by atoms with Crippen LogP contribution in [0.25, 0.3) is 17.1 Å². The highest BCUT2D eigenvalue weighted by atomic mass is 32.2. The van der Waals surface area contributed by atoms with Gasteiger partial charge in [-0.3, -0.25) is 4.40 Å². The third-order valence-corrected chi connectivity index (χ3v) is 4.70. The first kappa shape index (κ1) is 14.9. The minimum Gasteiger partial charge on any atom is -0.419 e. The fourth-order valence-electron chi connectivity index (χ4n) is 2.32. The summed E-state index contributed by atoms with van der Waals surface area (Å²) >= 11 is 1.54. The lowest BCUT2D eigenvalue weighted by Gasteiger charge is -2.04. The molecule has 3 aromatic heterocycles. The van der Waals surface area contributed by atoms with Crippen LogP contribution >= 0.6 is 11.8 Å². The molecule has 0 fully saturated rings. The zero-order valence-electron chi connectivity index (χ0n) is 13.2. The lowest BCUT2D eigenvalue weighted by molar-refractivity contribution is 0.509. The largest absolute Gasteiger partial charge is 0.419 e. The number of nitrogens with zero attached hydrogens (tertiary/aromatic N) is 5. The molecule has 7 heteroatoms. The minimum absolute atomic E-state index is 0.0238. The molecule has 0 aliphatic rings. The Hall–Kier alpha value is -2.67. The van der Waals surface area contributed by atoms with Gasteiger partial charge in [0.15, 0.2) is 10.8 Å². The summed E-state index contributed by atoms with van der Waals surface area (Å²) in [6.07, 6.45) is 1.94. The smallest absolute Gasteiger partial charge is 0.247 e. The van der Waals surface area contributed by atoms with E-state index in [-0.39, 0.29) is 5.25 Å². The van der Waals surface area contributed by atoms with E-state index in [9.17, 15) is 0 Å². The van der Waals surface area contributed by atoms with Crippen molar-refractivity contribution in [3.05, 3.63) is 60.1 Å². The summed E-state index contributed by atoms with van der Waals surface area (Å²) in [6.45, 7) is 4.06. The van der Waals surface area contributed by atoms with E-state index >= 15 is 0 Å². The van der Waals surface area contributed by atoms with Crippen LogP contribution in [0.2, 0.25) is 0 Å². The van der Waals surface area contributed by atoms with E-state index < -0.39 is 0 Å². The second-order valence-electron chi connectivity index (χ2n) is 5.48. The molecule has 0 spiro atoms. The zero-order chi connectivity index (χ0) is 16.5. The summed E-state index contributed by atoms with van der Waals surface area (Å²) in [5.41, 5.74) is 2.93. The molecule has 4 aromatic rings. The number of pyridine rings is 1. The average molecular weight is 337 g/mol. The van der Waals surface area contributed by atoms with Crippen LogP contribution in [0.4, 0.5) is 0 Å². The molecule has 120 valence electrons. The van der Waals surface area contributed by atoms with Crippen LogP contribution < -0.4 is 0 Å². The van der Waals surface area contributed by atoms with E-state index in [1.807, 2.05) is 66.9 Å². The van der Waals surface area contributed by atoms with Crippen molar-refractivity contribution in [2.45, 2.75) is 24.3 Å². The second kappa shape index (κ2) is 6.09. The molecule has 6 nitrogen and oxygen atoms in total. The molecule has 0 saturated carbocycles. The lowest BCUT2D eigenvalue weighted by Crippen LogP contribution is -1.92. The number of hydrogen-bond acceptors (Lipinski definition) is 6. The molecule has 0 radical (unpaired) electrons. The molecular formula is C17H15N5OS. The summed E-state index contributed by atoms with van der Waals surface area (Å²) in [6, 6.07) is 13.8. The Bertz CT molecular complexity index is 976. The zero-order valence-corrected chi connectivity index (χ0v) is 14.1. The van der Waals surface area contributed by atoms with Gasteiger partial charge in [-0.15, -0.1) is 20.4 Å². The molecule has 0 saturated heterocycles. The maximum Gasteiger partial charge on any atom is 0.247 e. The van der Waals surface area contributed by atoms with E-state index in [0.29, 0.717) is 11.8 Å². The van der Waals surface area contributed by atoms with Crippen LogP contribution in [0, 0.1) is 6.92 Å². The van der Waals surface area contributed by atoms with E-state index in [1.54, 1.807) is 0 Å². The van der Waals surface area contributed by atoms with Crippen LogP contribution in [0.1, 0.15) is 23.6 Å². The van der Waals surface area contributed by atoms with Crippen molar-refractivity contribution >= 4 is 17.4 Å². The monoisotopic (exact) mass is 337 g/mol. The van der Waals surface area contributed by atoms with Gasteiger partial charge in [-0.05, 0) is 38.1 Å². The topological polar surface area (TPSA) is 69.1 Å². The number of thioether (sulfide) groups is 1. The summed E-state index contributed by atoms with van der Waals surface area (Å²) in [5.74, 6) is 1.10. The van der Waals surface area contributed by atoms with Gasteiger partial charge in [-0.1, -0.05) is 35.5 Å². The molecule has 24 heavy (non-hydrogen) atoms. The van der Waals surface area contributed by atoms with Crippen molar-refractivity contribution in [2.24, 2.45) is 0 Å². The SMILES string of the molecule is Cc1ccc(-c2nnc([C@@H](C)Sc3nnc4ccccn34)o2)cc1. The normalized spacial score (nSPS) is 12.6. The third-order valence-electron chi connectivity index (χ3n) is 3.65. The van der Waals surface area contributed by atoms with E-state index in [2.05, 4.69) is 20.4 Å². The van der Waals surface area contributed by atoms with Crippen molar-refractivity contribution in [2.75, 3.05) is 0 Å². The lowest BCUT2D eigenvalue weighted by atomic mass is 10.1. The quantitative estimate of drug-likeness (QED) is 0.525. The molecule has 0 aliphatic carbocycles. The Morgan fingerprint density at radius 3 is 2.67 bits per heavy atom. The van der Waals surface area contributed by atoms with Crippen molar-refractivity contribution < 1.29 is 4.42 Å². The molecule has 0 aliphatic heterocycles. The van der Waals surface area contributed by atoms with Gasteiger partial charge in [0, 0.05) is 11.8 Å². The molecule has 4 rings (SSSR count). The Balaban J connectivity index is 1.57. The maximum absolute atomic E-state index is 5.83. The van der Waals surface area contributed by atoms with Gasteiger partial charge in [0.1, 0.15) is 0 Å². The Labute approximate surface area is 142 Å². The molecule has 0 unspecified atom stereocenters. The molecular weight excluding hydrogens is 322 g/mol. The van der Waals surface area contributed by atoms with Gasteiger partial charge in [0.25, 0.3) is 0 Å². The van der Waals surface area contributed by atoms with Crippen molar-refractivity contribution in [1.82, 2.24) is 24.8 Å². The minimum atomic E-state index is -0.0238. The third kappa shape index (κ3) is 2.78. The number of hydrogen-bond donors (Lipinski definition) is 0. The van der Waals surface area contributed by atoms with E-state index in [0.717, 1.165) is 16.4 Å². The standard InChI is InChI=1S/C17H15N5OS/c1-11-6-8-13(9-7-11)16-20-19-15(23-16)12(2)24-17-21-18-14-5-3-4-10-22(14)17/h3-10,12H,1-2H3/t12-/m1/s1. The molecule has 1 aromatic carbocycles. The number of aromatic nitrogens is 5. The van der Waals surface area contributed by atoms with E-state index in [4.69, 9.17) is 4.42 Å². The Morgan fingerprint density at radius 2 is 1.83 bits per heavy atom. The van der Waals surface area contributed by atoms with E-state index in [1.165, 1.54) is 17.3 Å². The first-order valence-corrected chi connectivity index (χ1v) is 8.45. The summed E-state index contributed by atoms with van der Waals surface area (Å²) in [7, 11) is 0. The number of rotatable bonds is 4. The van der Waals surface area contributed by atoms with Gasteiger partial charge in [-0.25, -0.2) is 0 Å². The molecule has 1 atom stereocenters. The second-order valence-corrected chi connectivity index (χ2v) is 6.79. The highest BCUT2D eigenvalue weighted by Crippen LogP contribution is 2.34. The van der Waals surface area contributed by atoms with Crippen LogP contribution in [0.15, 0.2) is 58.2 Å². The van der Waals surface area contributed by atoms with Gasteiger partial charge in [-0.2, -0.15) is 0 Å². The van der Waals surface area contributed by atoms with Gasteiger partial charge >= 0.3 is 0 Å². The molecule has 3 heterocycles. The summed E-state index contributed by atoms with van der Waals surface area (Å²) < 4.78 is 7.77. The van der Waals surface area contributed by atoms with Gasteiger partial charge in [0.2, 0.25) is 11.8 Å². The highest BCUT2D eigenvalue weighted by Gasteiger charge is 2.19. The predicted octanol–water partition coefficient (Wildman–Crippen LogP) is 3.94. The van der Waals surface area contributed by atoms with Crippen LogP contribution in [0.5, 0.6) is 0 Å². The average Bonchev–Trinajstić information content (AvgIpc) is 3.23. The van der Waals surface area contributed by atoms with Crippen LogP contribution in [0.3, 0.4) is 0 Å².